The number of nitrogen functional groups attached to an aromatic ring is 1. The number of nitrogens with two attached hydrogens (primary N) is 1. The van der Waals surface area contributed by atoms with Crippen LogP contribution >= 0.6 is 0 Å². The number of ether oxygens (including phenoxy) is 2. The highest BCUT2D eigenvalue weighted by Gasteiger charge is 2.46. The number of anilines is 3. The summed E-state index contributed by atoms with van der Waals surface area (Å²) in [6.45, 7) is 13.7. The fraction of sp³-hybridized carbons (Fsp3) is 0.467. The zero-order valence-corrected chi connectivity index (χ0v) is 51.0. The van der Waals surface area contributed by atoms with Crippen LogP contribution in [0.5, 0.6) is 5.75 Å². The highest BCUT2D eigenvalue weighted by molar-refractivity contribution is 7.93. The number of amides is 5. The van der Waals surface area contributed by atoms with Crippen LogP contribution in [0.4, 0.5) is 43.9 Å². The van der Waals surface area contributed by atoms with Crippen molar-refractivity contribution in [3.05, 3.63) is 102 Å². The summed E-state index contributed by atoms with van der Waals surface area (Å²) in [6, 6.07) is 8.35. The van der Waals surface area contributed by atoms with Gasteiger partial charge in [-0.25, -0.2) is 31.4 Å². The zero-order chi connectivity index (χ0) is 63.9. The summed E-state index contributed by atoms with van der Waals surface area (Å²) in [5, 5.41) is 17.8. The third-order valence-electron chi connectivity index (χ3n) is 14.8. The van der Waals surface area contributed by atoms with Gasteiger partial charge in [-0.3, -0.25) is 38.2 Å². The molecule has 0 saturated carbocycles. The van der Waals surface area contributed by atoms with Crippen LogP contribution in [0.15, 0.2) is 79.3 Å². The number of sulfonamides is 1. The Kier molecular flexibility index (Phi) is 21.0. The van der Waals surface area contributed by atoms with E-state index in [1.54, 1.807) is 72.6 Å². The van der Waals surface area contributed by atoms with E-state index in [4.69, 9.17) is 20.3 Å². The average molecular weight is 1240 g/mol. The second-order valence-corrected chi connectivity index (χ2v) is 25.4. The van der Waals surface area contributed by atoms with Crippen molar-refractivity contribution in [2.45, 2.75) is 155 Å². The van der Waals surface area contributed by atoms with Crippen molar-refractivity contribution in [2.75, 3.05) is 29.4 Å². The van der Waals surface area contributed by atoms with E-state index in [0.29, 0.717) is 46.3 Å². The molecule has 27 heteroatoms. The number of pyridine rings is 1. The van der Waals surface area contributed by atoms with Gasteiger partial charge in [0.1, 0.15) is 70.2 Å². The number of halogens is 5. The Labute approximate surface area is 501 Å². The topological polar surface area (TPSA) is 267 Å². The lowest BCUT2D eigenvalue weighted by Crippen LogP contribution is -2.60. The molecule has 4 heterocycles. The van der Waals surface area contributed by atoms with Gasteiger partial charge in [0.15, 0.2) is 0 Å². The molecule has 87 heavy (non-hydrogen) atoms. The SMILES string of the molecule is CC(Oc1cc(-c2nn(C)c3c(-c4cnn(CCCCCCCCC(=O)NC5C[C@@H](C(=O)Nc6c(F)cccc6F)N(C(=O)C(NC(=O)C(C)N(C)C(=O)OC(C)(C)C)C(C)(C)C)C5)c4)cnc(N)c23)ccc1NS(=O)(=O)C(F)F)c1ccc(F)cc1. The molecule has 0 spiro atoms. The van der Waals surface area contributed by atoms with Crippen LogP contribution in [-0.4, -0.2) is 122 Å². The molecule has 470 valence electrons. The van der Waals surface area contributed by atoms with E-state index in [2.05, 4.69) is 26.0 Å². The first-order chi connectivity index (χ1) is 40.8. The third kappa shape index (κ3) is 16.6. The van der Waals surface area contributed by atoms with Gasteiger partial charge < -0.3 is 36.1 Å². The molecule has 1 fully saturated rings. The van der Waals surface area contributed by atoms with Crippen molar-refractivity contribution in [3.63, 3.8) is 0 Å². The molecular formula is C60H75F5N12O9S. The second-order valence-electron chi connectivity index (χ2n) is 23.7. The number of likely N-dealkylation sites (N-methyl/N-ethyl adjacent to an activating group) is 1. The van der Waals surface area contributed by atoms with Gasteiger partial charge in [-0.05, 0) is 101 Å². The zero-order valence-electron chi connectivity index (χ0n) is 50.2. The van der Waals surface area contributed by atoms with Crippen LogP contribution < -0.4 is 31.1 Å². The first-order valence-electron chi connectivity index (χ1n) is 28.4. The lowest BCUT2D eigenvalue weighted by molar-refractivity contribution is -0.143. The maximum Gasteiger partial charge on any atom is 0.410 e. The molecule has 0 aliphatic carbocycles. The molecule has 3 aromatic heterocycles. The molecule has 21 nitrogen and oxygen atoms in total. The highest BCUT2D eigenvalue weighted by atomic mass is 32.2. The van der Waals surface area contributed by atoms with Crippen LogP contribution in [-0.2, 0) is 47.5 Å². The van der Waals surface area contributed by atoms with Crippen LogP contribution in [0.3, 0.4) is 0 Å². The van der Waals surface area contributed by atoms with E-state index < -0.39 is 104 Å². The number of para-hydroxylation sites is 1. The quantitative estimate of drug-likeness (QED) is 0.0279. The van der Waals surface area contributed by atoms with Crippen molar-refractivity contribution in [2.24, 2.45) is 12.5 Å². The van der Waals surface area contributed by atoms with Crippen molar-refractivity contribution in [1.82, 2.24) is 45.0 Å². The molecule has 1 aliphatic heterocycles. The van der Waals surface area contributed by atoms with Crippen molar-refractivity contribution < 1.29 is 63.8 Å². The Bertz CT molecular complexity index is 3570. The molecule has 5 atom stereocenters. The number of carbonyl (C=O) groups excluding carboxylic acids is 5. The number of hydrogen-bond acceptors (Lipinski definition) is 13. The Morgan fingerprint density at radius 3 is 2.17 bits per heavy atom. The number of nitrogens with zero attached hydrogens (tertiary/aromatic N) is 7. The molecule has 3 aromatic carbocycles. The van der Waals surface area contributed by atoms with Crippen LogP contribution in [0.2, 0.25) is 0 Å². The monoisotopic (exact) mass is 1230 g/mol. The minimum atomic E-state index is -5.10. The number of unbranched alkanes of at least 4 members (excludes halogenated alkanes) is 5. The number of alkyl halides is 2. The van der Waals surface area contributed by atoms with Gasteiger partial charge in [0.25, 0.3) is 10.0 Å². The van der Waals surface area contributed by atoms with Crippen molar-refractivity contribution >= 4 is 67.8 Å². The smallest absolute Gasteiger partial charge is 0.410 e. The predicted octanol–water partition coefficient (Wildman–Crippen LogP) is 9.84. The number of hydrogen-bond donors (Lipinski definition) is 5. The number of likely N-dealkylation sites (tertiary alicyclic amines) is 1. The summed E-state index contributed by atoms with van der Waals surface area (Å²) in [5.41, 5.74) is 7.00. The molecule has 0 bridgehead atoms. The molecule has 0 radical (unpaired) electrons. The summed E-state index contributed by atoms with van der Waals surface area (Å²) < 4.78 is 112. The van der Waals surface area contributed by atoms with E-state index in [9.17, 15) is 54.3 Å². The maximum atomic E-state index is 14.8. The normalized spacial score (nSPS) is 15.7. The number of benzene rings is 3. The second kappa shape index (κ2) is 27.6. The molecule has 5 amide bonds. The molecule has 1 saturated heterocycles. The van der Waals surface area contributed by atoms with E-state index in [1.807, 2.05) is 15.6 Å². The third-order valence-corrected chi connectivity index (χ3v) is 15.7. The maximum absolute atomic E-state index is 14.8. The number of aromatic nitrogens is 5. The summed E-state index contributed by atoms with van der Waals surface area (Å²) >= 11 is 0. The Morgan fingerprint density at radius 2 is 1.53 bits per heavy atom. The number of nitrogens with one attached hydrogen (secondary N) is 4. The number of fused-ring (bicyclic) bond motifs is 1. The Balaban J connectivity index is 0.935. The molecule has 7 rings (SSSR count). The van der Waals surface area contributed by atoms with Gasteiger partial charge in [0.05, 0.1) is 22.8 Å². The minimum Gasteiger partial charge on any atom is -0.484 e. The van der Waals surface area contributed by atoms with Gasteiger partial charge >= 0.3 is 11.9 Å². The standard InChI is InChI=1S/C60H75F5N12O9S/c1-34(74(9)58(82)86-60(6,7)8)54(79)71-52(59(3,4)5)56(81)77-33-40(29-45(77)55(80)70-50-42(62)18-17-19-43(50)63)69-47(78)20-15-13-11-12-14-16-27-76-32-38(30-68-76)41-31-67-53(66)48-49(72-75(10)51(41)48)37-23-26-44(73-87(83,84)57(64)65)46(28-37)85-35(2)36-21-24-39(61)25-22-36/h17-19,21-26,28,30-32,34-35,40,45,52,57,73H,11-16,20,27,29,33H2,1-10H3,(H2,66,67)(H,69,78)(H,70,80)(H,71,79)/t34?,35?,40?,45-,52?/m0/s1. The van der Waals surface area contributed by atoms with E-state index in [1.165, 1.54) is 61.3 Å². The fourth-order valence-electron chi connectivity index (χ4n) is 9.98. The molecular weight excluding hydrogens is 1160 g/mol. The summed E-state index contributed by atoms with van der Waals surface area (Å²) in [6.07, 6.45) is 8.33. The number of aryl methyl sites for hydroxylation is 2. The van der Waals surface area contributed by atoms with Gasteiger partial charge in [-0.15, -0.1) is 0 Å². The van der Waals surface area contributed by atoms with E-state index in [0.717, 1.165) is 60.8 Å². The first kappa shape index (κ1) is 66.2. The Morgan fingerprint density at radius 1 is 0.874 bits per heavy atom. The number of carbonyl (C=O) groups is 5. The van der Waals surface area contributed by atoms with Gasteiger partial charge in [-0.2, -0.15) is 19.0 Å². The molecule has 4 unspecified atom stereocenters. The van der Waals surface area contributed by atoms with Gasteiger partial charge in [0, 0.05) is 68.7 Å². The van der Waals surface area contributed by atoms with E-state index >= 15 is 0 Å². The summed E-state index contributed by atoms with van der Waals surface area (Å²) in [4.78, 5) is 75.1. The van der Waals surface area contributed by atoms with E-state index in [-0.39, 0.29) is 42.5 Å². The lowest BCUT2D eigenvalue weighted by Gasteiger charge is -2.36. The summed E-state index contributed by atoms with van der Waals surface area (Å²) in [5.74, 6) is -8.82. The van der Waals surface area contributed by atoms with Crippen LogP contribution in [0, 0.1) is 22.9 Å². The largest absolute Gasteiger partial charge is 0.484 e. The molecule has 6 aromatic rings. The van der Waals surface area contributed by atoms with Crippen molar-refractivity contribution in [1.29, 1.82) is 0 Å². The van der Waals surface area contributed by atoms with Crippen LogP contribution in [0.1, 0.15) is 118 Å². The lowest BCUT2D eigenvalue weighted by atomic mass is 9.85. The number of rotatable bonds is 24. The highest BCUT2D eigenvalue weighted by Crippen LogP contribution is 2.41. The minimum absolute atomic E-state index is 0.0909. The molecule has 6 N–H and O–H groups in total. The van der Waals surface area contributed by atoms with Gasteiger partial charge in [-0.1, -0.05) is 70.7 Å². The summed E-state index contributed by atoms with van der Waals surface area (Å²) in [7, 11) is -2.00. The van der Waals surface area contributed by atoms with Crippen LogP contribution in [0.25, 0.3) is 33.3 Å². The Hall–Kier alpha value is -8.36. The fourth-order valence-corrected chi connectivity index (χ4v) is 10.5. The first-order valence-corrected chi connectivity index (χ1v) is 30.0. The average Bonchev–Trinajstić information content (AvgIpc) is 1.69. The predicted molar refractivity (Wildman–Crippen MR) is 318 cm³/mol. The van der Waals surface area contributed by atoms with Gasteiger partial charge in [0.2, 0.25) is 23.6 Å². The van der Waals surface area contributed by atoms with Crippen molar-refractivity contribution in [3.8, 4) is 28.1 Å². The molecule has 1 aliphatic rings.